The van der Waals surface area contributed by atoms with Gasteiger partial charge in [0.1, 0.15) is 13.2 Å². The summed E-state index contributed by atoms with van der Waals surface area (Å²) in [5.74, 6) is -0.111. The van der Waals surface area contributed by atoms with Gasteiger partial charge >= 0.3 is 5.97 Å². The Morgan fingerprint density at radius 3 is 3.07 bits per heavy atom. The predicted molar refractivity (Wildman–Crippen MR) is 49.2 cm³/mol. The van der Waals surface area contributed by atoms with Crippen molar-refractivity contribution in [2.75, 3.05) is 12.3 Å². The number of rotatable bonds is 0. The first-order valence-corrected chi connectivity index (χ1v) is 4.86. The van der Waals surface area contributed by atoms with Crippen LogP contribution in [0, 0.1) is 0 Å². The van der Waals surface area contributed by atoms with Crippen LogP contribution in [-0.2, 0) is 20.9 Å². The molecule has 3 rings (SSSR count). The summed E-state index contributed by atoms with van der Waals surface area (Å²) in [5.41, 5.74) is 7.07. The lowest BCUT2D eigenvalue weighted by Gasteiger charge is -2.10. The van der Waals surface area contributed by atoms with Crippen LogP contribution in [0.15, 0.2) is 5.76 Å². The molecule has 0 aromatic carbocycles. The molecular formula is C8H6N2O3S. The largest absolute Gasteiger partial charge is 0.480 e. The van der Waals surface area contributed by atoms with Crippen molar-refractivity contribution >= 4 is 28.0 Å². The molecule has 0 atom stereocenters. The zero-order valence-corrected chi connectivity index (χ0v) is 7.89. The first-order valence-electron chi connectivity index (χ1n) is 4.04. The van der Waals surface area contributed by atoms with Gasteiger partial charge in [0, 0.05) is 0 Å². The fourth-order valence-electron chi connectivity index (χ4n) is 1.56. The van der Waals surface area contributed by atoms with Gasteiger partial charge in [-0.05, 0) is 0 Å². The molecule has 2 aliphatic rings. The molecule has 0 spiro atoms. The average molecular weight is 210 g/mol. The number of nitrogens with zero attached hydrogens (tertiary/aromatic N) is 1. The molecule has 0 bridgehead atoms. The topological polar surface area (TPSA) is 74.4 Å². The fourth-order valence-corrected chi connectivity index (χ4v) is 2.33. The Kier molecular flexibility index (Phi) is 1.38. The van der Waals surface area contributed by atoms with Gasteiger partial charge in [-0.1, -0.05) is 11.3 Å². The second-order valence-corrected chi connectivity index (χ2v) is 4.11. The third-order valence-electron chi connectivity index (χ3n) is 2.15. The molecule has 0 saturated heterocycles. The summed E-state index contributed by atoms with van der Waals surface area (Å²) < 4.78 is 10.1. The molecule has 72 valence electrons. The highest BCUT2D eigenvalue weighted by molar-refractivity contribution is 7.15. The Morgan fingerprint density at radius 2 is 2.21 bits per heavy atom. The smallest absolute Gasteiger partial charge is 0.374 e. The second-order valence-electron chi connectivity index (χ2n) is 3.00. The number of aromatic nitrogens is 1. The van der Waals surface area contributed by atoms with E-state index in [1.165, 1.54) is 11.3 Å². The standard InChI is InChI=1S/C8H6N2O3S/c9-8-10-5-3-1-13-7(11)6(3)12-2-4(5)14-8/h1-2H2,(H2,9,10). The van der Waals surface area contributed by atoms with E-state index in [1.54, 1.807) is 0 Å². The van der Waals surface area contributed by atoms with Crippen LogP contribution in [0.2, 0.25) is 0 Å². The molecule has 0 aliphatic carbocycles. The molecule has 1 aromatic rings. The molecule has 0 saturated carbocycles. The van der Waals surface area contributed by atoms with Crippen molar-refractivity contribution in [1.29, 1.82) is 0 Å². The highest BCUT2D eigenvalue weighted by Gasteiger charge is 2.34. The summed E-state index contributed by atoms with van der Waals surface area (Å²) in [4.78, 5) is 16.3. The van der Waals surface area contributed by atoms with Crippen molar-refractivity contribution in [3.8, 4) is 0 Å². The zero-order chi connectivity index (χ0) is 9.71. The van der Waals surface area contributed by atoms with Crippen molar-refractivity contribution in [2.45, 2.75) is 6.61 Å². The molecule has 1 aromatic heterocycles. The number of cyclic esters (lactones) is 1. The summed E-state index contributed by atoms with van der Waals surface area (Å²) in [6.45, 7) is 0.600. The number of nitrogens with two attached hydrogens (primary N) is 1. The first kappa shape index (κ1) is 7.81. The number of carbonyl (C=O) groups excluding carboxylic acids is 1. The summed E-state index contributed by atoms with van der Waals surface area (Å²) in [5, 5.41) is 0.492. The molecule has 5 nitrogen and oxygen atoms in total. The van der Waals surface area contributed by atoms with Crippen LogP contribution in [0.5, 0.6) is 0 Å². The van der Waals surface area contributed by atoms with E-state index in [9.17, 15) is 4.79 Å². The van der Waals surface area contributed by atoms with Crippen molar-refractivity contribution in [3.05, 3.63) is 16.3 Å². The minimum Gasteiger partial charge on any atom is -0.480 e. The van der Waals surface area contributed by atoms with E-state index < -0.39 is 5.97 Å². The van der Waals surface area contributed by atoms with Crippen LogP contribution in [0.1, 0.15) is 10.6 Å². The van der Waals surface area contributed by atoms with Gasteiger partial charge < -0.3 is 15.2 Å². The summed E-state index contributed by atoms with van der Waals surface area (Å²) in [7, 11) is 0. The molecule has 0 amide bonds. The number of thiazole rings is 1. The maximum atomic E-state index is 11.2. The van der Waals surface area contributed by atoms with Crippen molar-refractivity contribution in [3.63, 3.8) is 0 Å². The molecule has 2 N–H and O–H groups in total. The lowest BCUT2D eigenvalue weighted by atomic mass is 10.1. The third-order valence-corrected chi connectivity index (χ3v) is 3.01. The van der Waals surface area contributed by atoms with Crippen LogP contribution in [0.25, 0.3) is 5.57 Å². The van der Waals surface area contributed by atoms with E-state index in [1.807, 2.05) is 0 Å². The molecule has 2 aliphatic heterocycles. The molecule has 6 heteroatoms. The highest BCUT2D eigenvalue weighted by Crippen LogP contribution is 2.37. The van der Waals surface area contributed by atoms with Crippen LogP contribution in [0.3, 0.4) is 0 Å². The Balaban J connectivity index is 2.20. The van der Waals surface area contributed by atoms with Gasteiger partial charge in [0.05, 0.1) is 16.1 Å². The highest BCUT2D eigenvalue weighted by atomic mass is 32.1. The number of carbonyl (C=O) groups is 1. The van der Waals surface area contributed by atoms with E-state index in [0.717, 1.165) is 16.1 Å². The SMILES string of the molecule is Nc1nc2c(s1)COC1=C2COC1=O. The molecule has 0 radical (unpaired) electrons. The van der Waals surface area contributed by atoms with Crippen LogP contribution >= 0.6 is 11.3 Å². The second kappa shape index (κ2) is 2.48. The Hall–Kier alpha value is -1.56. The number of nitrogen functional groups attached to an aromatic ring is 1. The molecule has 14 heavy (non-hydrogen) atoms. The summed E-state index contributed by atoms with van der Waals surface area (Å²) in [6, 6.07) is 0. The van der Waals surface area contributed by atoms with Crippen LogP contribution in [-0.4, -0.2) is 17.6 Å². The number of hydrogen-bond donors (Lipinski definition) is 1. The van der Waals surface area contributed by atoms with E-state index in [2.05, 4.69) is 4.98 Å². The van der Waals surface area contributed by atoms with Gasteiger partial charge in [-0.15, -0.1) is 0 Å². The number of fused-ring (bicyclic) bond motifs is 2. The Labute approximate surface area is 83.1 Å². The van der Waals surface area contributed by atoms with E-state index in [0.29, 0.717) is 17.5 Å². The van der Waals surface area contributed by atoms with E-state index in [-0.39, 0.29) is 6.61 Å². The van der Waals surface area contributed by atoms with Gasteiger partial charge in [-0.2, -0.15) is 0 Å². The lowest BCUT2D eigenvalue weighted by molar-refractivity contribution is -0.139. The third kappa shape index (κ3) is 0.884. The van der Waals surface area contributed by atoms with Crippen LogP contribution < -0.4 is 5.73 Å². The van der Waals surface area contributed by atoms with E-state index in [4.69, 9.17) is 15.2 Å². The van der Waals surface area contributed by atoms with Crippen molar-refractivity contribution in [2.24, 2.45) is 0 Å². The minimum atomic E-state index is -0.405. The number of esters is 1. The summed E-state index contributed by atoms with van der Waals surface area (Å²) >= 11 is 1.38. The van der Waals surface area contributed by atoms with Crippen molar-refractivity contribution < 1.29 is 14.3 Å². The predicted octanol–water partition coefficient (Wildman–Crippen LogP) is 0.523. The molecule has 3 heterocycles. The van der Waals surface area contributed by atoms with Crippen molar-refractivity contribution in [1.82, 2.24) is 4.98 Å². The Bertz CT molecular complexity index is 463. The van der Waals surface area contributed by atoms with E-state index >= 15 is 0 Å². The van der Waals surface area contributed by atoms with Gasteiger partial charge in [0.15, 0.2) is 5.13 Å². The average Bonchev–Trinajstić information content (AvgIpc) is 2.68. The van der Waals surface area contributed by atoms with Crippen LogP contribution in [0.4, 0.5) is 5.13 Å². The molecular weight excluding hydrogens is 204 g/mol. The zero-order valence-electron chi connectivity index (χ0n) is 7.07. The number of ether oxygens (including phenoxy) is 2. The quantitative estimate of drug-likeness (QED) is 0.632. The molecule has 0 unspecified atom stereocenters. The monoisotopic (exact) mass is 210 g/mol. The minimum absolute atomic E-state index is 0.240. The molecule has 0 fully saturated rings. The van der Waals surface area contributed by atoms with Gasteiger partial charge in [-0.3, -0.25) is 0 Å². The maximum Gasteiger partial charge on any atom is 0.374 e. The Morgan fingerprint density at radius 1 is 1.36 bits per heavy atom. The van der Waals surface area contributed by atoms with Gasteiger partial charge in [-0.25, -0.2) is 9.78 Å². The van der Waals surface area contributed by atoms with Gasteiger partial charge in [0.2, 0.25) is 5.76 Å². The van der Waals surface area contributed by atoms with Gasteiger partial charge in [0.25, 0.3) is 0 Å². The maximum absolute atomic E-state index is 11.2. The fraction of sp³-hybridized carbons (Fsp3) is 0.250. The lowest BCUT2D eigenvalue weighted by Crippen LogP contribution is -2.07. The normalized spacial score (nSPS) is 18.7. The number of anilines is 1. The number of hydrogen-bond acceptors (Lipinski definition) is 6. The summed E-state index contributed by atoms with van der Waals surface area (Å²) in [6.07, 6.45) is 0. The first-order chi connectivity index (χ1) is 6.75.